The predicted molar refractivity (Wildman–Crippen MR) is 90.3 cm³/mol. The van der Waals surface area contributed by atoms with Crippen molar-refractivity contribution in [1.29, 1.82) is 0 Å². The number of amides is 1. The second-order valence-electron chi connectivity index (χ2n) is 4.94. The minimum absolute atomic E-state index is 0.00953. The summed E-state index contributed by atoms with van der Waals surface area (Å²) in [6.45, 7) is 1.39. The van der Waals surface area contributed by atoms with Crippen molar-refractivity contribution < 1.29 is 24.2 Å². The molecule has 0 bridgehead atoms. The Labute approximate surface area is 144 Å². The van der Waals surface area contributed by atoms with Gasteiger partial charge in [0.05, 0.1) is 12.1 Å². The van der Waals surface area contributed by atoms with E-state index in [4.69, 9.17) is 26.2 Å². The molecule has 2 rings (SSSR count). The van der Waals surface area contributed by atoms with Crippen molar-refractivity contribution in [3.63, 3.8) is 0 Å². The Balaban J connectivity index is 2.04. The molecule has 0 aliphatic rings. The van der Waals surface area contributed by atoms with Crippen LogP contribution in [-0.2, 0) is 4.79 Å². The molecule has 0 radical (unpaired) electrons. The summed E-state index contributed by atoms with van der Waals surface area (Å²) in [6.07, 6.45) is 0. The molecule has 1 amide bonds. The third-order valence-corrected chi connectivity index (χ3v) is 3.52. The first-order valence-electron chi connectivity index (χ1n) is 7.01. The van der Waals surface area contributed by atoms with Gasteiger partial charge in [0.1, 0.15) is 17.1 Å². The highest BCUT2D eigenvalue weighted by Gasteiger charge is 2.15. The van der Waals surface area contributed by atoms with E-state index >= 15 is 0 Å². The number of carboxylic acid groups (broad SMARTS) is 1. The van der Waals surface area contributed by atoms with E-state index in [1.54, 1.807) is 37.3 Å². The molecule has 0 fully saturated rings. The van der Waals surface area contributed by atoms with Gasteiger partial charge in [0.2, 0.25) is 0 Å². The summed E-state index contributed by atoms with van der Waals surface area (Å²) < 4.78 is 10.4. The first-order valence-corrected chi connectivity index (χ1v) is 7.39. The van der Waals surface area contributed by atoms with Crippen molar-refractivity contribution in [3.8, 4) is 11.5 Å². The van der Waals surface area contributed by atoms with E-state index in [1.165, 1.54) is 13.2 Å². The molecule has 0 aromatic heterocycles. The largest absolute Gasteiger partial charge is 0.495 e. The molecule has 0 spiro atoms. The number of aromatic carboxylic acids is 1. The summed E-state index contributed by atoms with van der Waals surface area (Å²) in [4.78, 5) is 23.2. The Hall–Kier alpha value is -2.73. The highest BCUT2D eigenvalue weighted by Crippen LogP contribution is 2.27. The van der Waals surface area contributed by atoms with Gasteiger partial charge < -0.3 is 19.9 Å². The van der Waals surface area contributed by atoms with Gasteiger partial charge in [0.25, 0.3) is 5.91 Å². The maximum Gasteiger partial charge on any atom is 0.339 e. The van der Waals surface area contributed by atoms with Gasteiger partial charge in [-0.3, -0.25) is 4.79 Å². The van der Waals surface area contributed by atoms with Gasteiger partial charge in [-0.15, -0.1) is 0 Å². The van der Waals surface area contributed by atoms with Crippen molar-refractivity contribution in [2.45, 2.75) is 6.92 Å². The average molecular weight is 350 g/mol. The topological polar surface area (TPSA) is 84.9 Å². The van der Waals surface area contributed by atoms with Gasteiger partial charge in [-0.05, 0) is 36.8 Å². The van der Waals surface area contributed by atoms with Crippen molar-refractivity contribution in [2.75, 3.05) is 19.0 Å². The van der Waals surface area contributed by atoms with E-state index in [2.05, 4.69) is 5.32 Å². The lowest BCUT2D eigenvalue weighted by Gasteiger charge is -2.12. The zero-order chi connectivity index (χ0) is 17.7. The maximum atomic E-state index is 12.0. The number of benzene rings is 2. The molecular formula is C17H16ClNO5. The predicted octanol–water partition coefficient (Wildman–Crippen LogP) is 3.37. The van der Waals surface area contributed by atoms with E-state index in [9.17, 15) is 9.59 Å². The number of aryl methyl sites for hydroxylation is 1. The molecule has 2 aromatic carbocycles. The third kappa shape index (κ3) is 4.17. The summed E-state index contributed by atoms with van der Waals surface area (Å²) in [7, 11) is 1.50. The van der Waals surface area contributed by atoms with E-state index in [0.717, 1.165) is 0 Å². The molecule has 0 atom stereocenters. The fourth-order valence-electron chi connectivity index (χ4n) is 2.09. The number of methoxy groups -OCH3 is 1. The first kappa shape index (κ1) is 17.6. The number of halogens is 1. The van der Waals surface area contributed by atoms with Gasteiger partial charge >= 0.3 is 5.97 Å². The number of para-hydroxylation sites is 1. The zero-order valence-electron chi connectivity index (χ0n) is 13.1. The van der Waals surface area contributed by atoms with E-state index in [0.29, 0.717) is 22.0 Å². The SMILES string of the molecule is COc1ccc(NC(=O)COc2c(C)cccc2C(=O)O)cc1Cl. The van der Waals surface area contributed by atoms with Crippen LogP contribution in [-0.4, -0.2) is 30.7 Å². The Morgan fingerprint density at radius 2 is 2.00 bits per heavy atom. The van der Waals surface area contributed by atoms with Gasteiger partial charge in [-0.25, -0.2) is 4.79 Å². The van der Waals surface area contributed by atoms with Crippen LogP contribution in [0.25, 0.3) is 0 Å². The number of anilines is 1. The van der Waals surface area contributed by atoms with Crippen LogP contribution in [0.15, 0.2) is 36.4 Å². The Bertz CT molecular complexity index is 776. The maximum absolute atomic E-state index is 12.0. The molecule has 24 heavy (non-hydrogen) atoms. The quantitative estimate of drug-likeness (QED) is 0.835. The lowest BCUT2D eigenvalue weighted by Crippen LogP contribution is -2.21. The first-order chi connectivity index (χ1) is 11.4. The molecule has 2 aromatic rings. The van der Waals surface area contributed by atoms with Crippen molar-refractivity contribution in [1.82, 2.24) is 0 Å². The van der Waals surface area contributed by atoms with Crippen LogP contribution < -0.4 is 14.8 Å². The minimum Gasteiger partial charge on any atom is -0.495 e. The summed E-state index contributed by atoms with van der Waals surface area (Å²) in [5, 5.41) is 12.1. The Morgan fingerprint density at radius 1 is 1.25 bits per heavy atom. The van der Waals surface area contributed by atoms with Crippen molar-refractivity contribution in [3.05, 3.63) is 52.5 Å². The Morgan fingerprint density at radius 3 is 2.62 bits per heavy atom. The molecule has 0 saturated carbocycles. The second-order valence-corrected chi connectivity index (χ2v) is 5.35. The van der Waals surface area contributed by atoms with Crippen molar-refractivity contribution in [2.24, 2.45) is 0 Å². The van der Waals surface area contributed by atoms with Crippen molar-refractivity contribution >= 4 is 29.2 Å². The van der Waals surface area contributed by atoms with Gasteiger partial charge in [-0.1, -0.05) is 23.7 Å². The number of carbonyl (C=O) groups is 2. The van der Waals surface area contributed by atoms with Crippen LogP contribution in [0.1, 0.15) is 15.9 Å². The van der Waals surface area contributed by atoms with Crippen LogP contribution >= 0.6 is 11.6 Å². The smallest absolute Gasteiger partial charge is 0.339 e. The number of ether oxygens (including phenoxy) is 2. The molecule has 0 aliphatic heterocycles. The Kier molecular flexibility index (Phi) is 5.65. The summed E-state index contributed by atoms with van der Waals surface area (Å²) in [6, 6.07) is 9.57. The molecule has 0 aliphatic carbocycles. The lowest BCUT2D eigenvalue weighted by molar-refractivity contribution is -0.118. The van der Waals surface area contributed by atoms with Gasteiger partial charge in [0.15, 0.2) is 6.61 Å². The summed E-state index contributed by atoms with van der Waals surface area (Å²) in [5.74, 6) is -0.878. The highest BCUT2D eigenvalue weighted by molar-refractivity contribution is 6.32. The molecular weight excluding hydrogens is 334 g/mol. The fourth-order valence-corrected chi connectivity index (χ4v) is 2.35. The molecule has 0 saturated heterocycles. The molecule has 6 nitrogen and oxygen atoms in total. The number of hydrogen-bond donors (Lipinski definition) is 2. The van der Waals surface area contributed by atoms with E-state index in [1.807, 2.05) is 0 Å². The number of carboxylic acids is 1. The van der Waals surface area contributed by atoms with Crippen LogP contribution in [0.5, 0.6) is 11.5 Å². The summed E-state index contributed by atoms with van der Waals surface area (Å²) in [5.41, 5.74) is 1.13. The second kappa shape index (κ2) is 7.70. The number of nitrogens with one attached hydrogen (secondary N) is 1. The number of hydrogen-bond acceptors (Lipinski definition) is 4. The molecule has 126 valence electrons. The van der Waals surface area contributed by atoms with Crippen LogP contribution in [0.3, 0.4) is 0 Å². The molecule has 0 heterocycles. The normalized spacial score (nSPS) is 10.1. The number of carbonyl (C=O) groups excluding carboxylic acids is 1. The standard InChI is InChI=1S/C17H16ClNO5/c1-10-4-3-5-12(17(21)22)16(10)24-9-15(20)19-11-6-7-14(23-2)13(18)8-11/h3-8H,9H2,1-2H3,(H,19,20)(H,21,22). The third-order valence-electron chi connectivity index (χ3n) is 3.23. The molecule has 0 unspecified atom stereocenters. The fraction of sp³-hybridized carbons (Fsp3) is 0.176. The van der Waals surface area contributed by atoms with Gasteiger partial charge in [-0.2, -0.15) is 0 Å². The number of rotatable bonds is 6. The van der Waals surface area contributed by atoms with E-state index < -0.39 is 11.9 Å². The molecule has 7 heteroatoms. The highest BCUT2D eigenvalue weighted by atomic mass is 35.5. The minimum atomic E-state index is -1.11. The molecule has 2 N–H and O–H groups in total. The van der Waals surface area contributed by atoms with E-state index in [-0.39, 0.29) is 17.9 Å². The monoisotopic (exact) mass is 349 g/mol. The van der Waals surface area contributed by atoms with Crippen LogP contribution in [0.4, 0.5) is 5.69 Å². The lowest BCUT2D eigenvalue weighted by atomic mass is 10.1. The van der Waals surface area contributed by atoms with Gasteiger partial charge in [0, 0.05) is 5.69 Å². The zero-order valence-corrected chi connectivity index (χ0v) is 13.9. The van der Waals surface area contributed by atoms with Crippen LogP contribution in [0.2, 0.25) is 5.02 Å². The summed E-state index contributed by atoms with van der Waals surface area (Å²) >= 11 is 5.99. The average Bonchev–Trinajstić information content (AvgIpc) is 2.53. The van der Waals surface area contributed by atoms with Crippen LogP contribution in [0, 0.1) is 6.92 Å².